The molecule has 2 aromatic carbocycles. The van der Waals surface area contributed by atoms with Crippen molar-refractivity contribution in [1.29, 1.82) is 0 Å². The number of hydrogen-bond donors (Lipinski definition) is 2. The number of aromatic nitrogens is 2. The second kappa shape index (κ2) is 11.0. The number of esters is 1. The number of hydrogen-bond acceptors (Lipinski definition) is 6. The summed E-state index contributed by atoms with van der Waals surface area (Å²) in [6.07, 6.45) is 3.12. The highest BCUT2D eigenvalue weighted by molar-refractivity contribution is 7.98. The molecule has 10 heteroatoms. The van der Waals surface area contributed by atoms with Crippen LogP contribution in [0.25, 0.3) is 5.69 Å². The molecule has 2 amide bonds. The summed E-state index contributed by atoms with van der Waals surface area (Å²) >= 11 is 1.30. The molecule has 0 fully saturated rings. The van der Waals surface area contributed by atoms with Crippen LogP contribution in [0.3, 0.4) is 0 Å². The molecule has 0 unspecified atom stereocenters. The average molecular weight is 485 g/mol. The number of nitrogens with zero attached hydrogens (tertiary/aromatic N) is 2. The molecule has 0 bridgehead atoms. The second-order valence-corrected chi connectivity index (χ2v) is 8.39. The first-order valence-corrected chi connectivity index (χ1v) is 11.6. The van der Waals surface area contributed by atoms with Crippen LogP contribution in [0, 0.1) is 26.6 Å². The smallest absolute Gasteiger partial charge is 0.357 e. The highest BCUT2D eigenvalue weighted by atomic mass is 32.2. The third kappa shape index (κ3) is 6.02. The lowest BCUT2D eigenvalue weighted by Gasteiger charge is -2.13. The number of carbonyl (C=O) groups is 3. The quantitative estimate of drug-likeness (QED) is 0.374. The van der Waals surface area contributed by atoms with Crippen molar-refractivity contribution in [3.8, 4) is 5.69 Å². The molecule has 0 spiro atoms. The summed E-state index contributed by atoms with van der Waals surface area (Å²) in [5, 5.41) is 5.72. The first-order chi connectivity index (χ1) is 16.2. The summed E-state index contributed by atoms with van der Waals surface area (Å²) in [5.41, 5.74) is 4.26. The van der Waals surface area contributed by atoms with Crippen molar-refractivity contribution >= 4 is 35.2 Å². The van der Waals surface area contributed by atoms with Crippen LogP contribution in [0.4, 0.5) is 10.1 Å². The Labute approximate surface area is 200 Å². The molecule has 0 aliphatic rings. The molecule has 0 aliphatic heterocycles. The maximum absolute atomic E-state index is 13.3. The van der Waals surface area contributed by atoms with Gasteiger partial charge in [0.25, 0.3) is 5.91 Å². The van der Waals surface area contributed by atoms with Crippen LogP contribution >= 0.6 is 11.8 Å². The molecule has 0 radical (unpaired) electrons. The Balaban J connectivity index is 1.57. The monoisotopic (exact) mass is 484 g/mol. The summed E-state index contributed by atoms with van der Waals surface area (Å²) in [5.74, 6) is -2.21. The van der Waals surface area contributed by atoms with E-state index in [0.717, 1.165) is 16.7 Å². The Kier molecular flexibility index (Phi) is 8.06. The number of thioether (sulfide) groups is 1. The van der Waals surface area contributed by atoms with E-state index in [2.05, 4.69) is 15.6 Å². The van der Waals surface area contributed by atoms with E-state index in [9.17, 15) is 18.8 Å². The standard InChI is InChI=1S/C24H25FN4O4S/c1-14-9-15(2)22(16(3)10-14)28-20(30)12-26-21(31)13-33-23(32)19-11-27-24(34-4)29(19)18-7-5-17(25)6-8-18/h5-11H,12-13H2,1-4H3,(H,26,31)(H,28,30). The average Bonchev–Trinajstić information content (AvgIpc) is 3.23. The van der Waals surface area contributed by atoms with Crippen molar-refractivity contribution in [2.45, 2.75) is 25.9 Å². The van der Waals surface area contributed by atoms with Crippen molar-refractivity contribution < 1.29 is 23.5 Å². The molecule has 178 valence electrons. The minimum Gasteiger partial charge on any atom is -0.451 e. The van der Waals surface area contributed by atoms with Crippen LogP contribution in [-0.4, -0.2) is 46.7 Å². The van der Waals surface area contributed by atoms with Gasteiger partial charge < -0.3 is 15.4 Å². The Bertz CT molecular complexity index is 1200. The van der Waals surface area contributed by atoms with Crippen molar-refractivity contribution in [2.75, 3.05) is 24.7 Å². The van der Waals surface area contributed by atoms with Crippen molar-refractivity contribution in [3.63, 3.8) is 0 Å². The highest BCUT2D eigenvalue weighted by Crippen LogP contribution is 2.23. The molecule has 3 aromatic rings. The molecular formula is C24H25FN4O4S. The first kappa shape index (κ1) is 25.0. The fraction of sp³-hybridized carbons (Fsp3) is 0.250. The van der Waals surface area contributed by atoms with Gasteiger partial charge in [0, 0.05) is 11.4 Å². The number of carbonyl (C=O) groups excluding carboxylic acids is 3. The maximum atomic E-state index is 13.3. The number of rotatable bonds is 8. The molecule has 0 saturated carbocycles. The summed E-state index contributed by atoms with van der Waals surface area (Å²) in [6.45, 7) is 4.92. The molecule has 3 rings (SSSR count). The molecular weight excluding hydrogens is 459 g/mol. The summed E-state index contributed by atoms with van der Waals surface area (Å²) in [4.78, 5) is 41.2. The Morgan fingerprint density at radius 1 is 1.06 bits per heavy atom. The van der Waals surface area contributed by atoms with E-state index in [1.54, 1.807) is 6.26 Å². The molecule has 34 heavy (non-hydrogen) atoms. The number of amides is 2. The number of ether oxygens (including phenoxy) is 1. The van der Waals surface area contributed by atoms with Gasteiger partial charge in [-0.1, -0.05) is 29.5 Å². The number of anilines is 1. The fourth-order valence-electron chi connectivity index (χ4n) is 3.46. The summed E-state index contributed by atoms with van der Waals surface area (Å²) in [7, 11) is 0. The van der Waals surface area contributed by atoms with Crippen molar-refractivity contribution in [2.24, 2.45) is 0 Å². The zero-order chi connectivity index (χ0) is 24.8. The van der Waals surface area contributed by atoms with Crippen LogP contribution in [-0.2, 0) is 14.3 Å². The van der Waals surface area contributed by atoms with Gasteiger partial charge in [-0.2, -0.15) is 0 Å². The van der Waals surface area contributed by atoms with Gasteiger partial charge in [-0.3, -0.25) is 14.2 Å². The van der Waals surface area contributed by atoms with Gasteiger partial charge in [0.2, 0.25) is 5.91 Å². The van der Waals surface area contributed by atoms with Gasteiger partial charge >= 0.3 is 5.97 Å². The molecule has 1 aromatic heterocycles. The zero-order valence-corrected chi connectivity index (χ0v) is 20.1. The van der Waals surface area contributed by atoms with Gasteiger partial charge in [0.15, 0.2) is 17.5 Å². The summed E-state index contributed by atoms with van der Waals surface area (Å²) in [6, 6.07) is 9.48. The zero-order valence-electron chi connectivity index (χ0n) is 19.3. The topological polar surface area (TPSA) is 102 Å². The fourth-order valence-corrected chi connectivity index (χ4v) is 4.00. The lowest BCUT2D eigenvalue weighted by Crippen LogP contribution is -2.36. The van der Waals surface area contributed by atoms with Crippen LogP contribution in [0.15, 0.2) is 47.8 Å². The van der Waals surface area contributed by atoms with Crippen LogP contribution in [0.2, 0.25) is 0 Å². The SMILES string of the molecule is CSc1ncc(C(=O)OCC(=O)NCC(=O)Nc2c(C)cc(C)cc2C)n1-c1ccc(F)cc1. The van der Waals surface area contributed by atoms with Crippen LogP contribution < -0.4 is 10.6 Å². The largest absolute Gasteiger partial charge is 0.451 e. The van der Waals surface area contributed by atoms with Crippen LogP contribution in [0.1, 0.15) is 27.2 Å². The van der Waals surface area contributed by atoms with E-state index in [0.29, 0.717) is 16.5 Å². The molecule has 0 saturated heterocycles. The molecule has 0 aliphatic carbocycles. The van der Waals surface area contributed by atoms with E-state index in [1.807, 2.05) is 32.9 Å². The normalized spacial score (nSPS) is 10.6. The van der Waals surface area contributed by atoms with Gasteiger partial charge in [-0.25, -0.2) is 14.2 Å². The van der Waals surface area contributed by atoms with Crippen molar-refractivity contribution in [3.05, 3.63) is 70.8 Å². The number of halogens is 1. The van der Waals surface area contributed by atoms with Gasteiger partial charge in [-0.15, -0.1) is 0 Å². The maximum Gasteiger partial charge on any atom is 0.357 e. The van der Waals surface area contributed by atoms with E-state index in [1.165, 1.54) is 46.8 Å². The molecule has 8 nitrogen and oxygen atoms in total. The number of aryl methyl sites for hydroxylation is 3. The minimum absolute atomic E-state index is 0.0897. The Morgan fingerprint density at radius 3 is 2.32 bits per heavy atom. The Hall–Kier alpha value is -3.66. The van der Waals surface area contributed by atoms with E-state index in [4.69, 9.17) is 4.74 Å². The second-order valence-electron chi connectivity index (χ2n) is 7.62. The van der Waals surface area contributed by atoms with Gasteiger partial charge in [-0.05, 0) is 62.4 Å². The minimum atomic E-state index is -0.775. The number of benzene rings is 2. The number of nitrogens with one attached hydrogen (secondary N) is 2. The molecule has 1 heterocycles. The lowest BCUT2D eigenvalue weighted by molar-refractivity contribution is -0.126. The number of imidazole rings is 1. The molecule has 0 atom stereocenters. The molecule has 2 N–H and O–H groups in total. The van der Waals surface area contributed by atoms with E-state index >= 15 is 0 Å². The van der Waals surface area contributed by atoms with Crippen LogP contribution in [0.5, 0.6) is 0 Å². The van der Waals surface area contributed by atoms with Gasteiger partial charge in [0.05, 0.1) is 12.7 Å². The third-order valence-electron chi connectivity index (χ3n) is 4.93. The van der Waals surface area contributed by atoms with E-state index in [-0.39, 0.29) is 12.2 Å². The van der Waals surface area contributed by atoms with Gasteiger partial charge in [0.1, 0.15) is 5.82 Å². The predicted molar refractivity (Wildman–Crippen MR) is 128 cm³/mol. The first-order valence-electron chi connectivity index (χ1n) is 10.4. The van der Waals surface area contributed by atoms with Crippen molar-refractivity contribution in [1.82, 2.24) is 14.9 Å². The lowest BCUT2D eigenvalue weighted by atomic mass is 10.1. The highest BCUT2D eigenvalue weighted by Gasteiger charge is 2.20. The predicted octanol–water partition coefficient (Wildman–Crippen LogP) is 3.57. The Morgan fingerprint density at radius 2 is 1.71 bits per heavy atom. The third-order valence-corrected chi connectivity index (χ3v) is 5.58. The van der Waals surface area contributed by atoms with E-state index < -0.39 is 30.2 Å². The summed E-state index contributed by atoms with van der Waals surface area (Å²) < 4.78 is 19.9.